The lowest BCUT2D eigenvalue weighted by atomic mass is 10.1. The molecule has 188 valence electrons. The predicted octanol–water partition coefficient (Wildman–Crippen LogP) is 2.42. The van der Waals surface area contributed by atoms with Crippen molar-refractivity contribution in [2.75, 3.05) is 31.2 Å². The number of nitrogens with zero attached hydrogens (tertiary/aromatic N) is 4. The second-order valence-electron chi connectivity index (χ2n) is 9.14. The standard InChI is InChI=1S/C26H26N8O3/c1-37-21-11-14(5-6-18(21)32-26(36)19-12-16-17(31-19)3-2-4-20(16)35)23-22-24(27)29-13-30-25(22)34(33-23)15-7-9-28-10-8-15/h2-6,11-13,15,28,31,35H,7-10H2,1H3,(H,32,36)(H2,27,29,30)/p+1. The molecule has 0 bridgehead atoms. The van der Waals surface area contributed by atoms with Gasteiger partial charge in [-0.15, -0.1) is 0 Å². The van der Waals surface area contributed by atoms with E-state index in [-0.39, 0.29) is 17.7 Å². The Morgan fingerprint density at radius 1 is 1.22 bits per heavy atom. The van der Waals surface area contributed by atoms with Gasteiger partial charge in [-0.2, -0.15) is 5.10 Å². The molecule has 11 heteroatoms. The van der Waals surface area contributed by atoms with Gasteiger partial charge in [0, 0.05) is 29.3 Å². The number of phenolic OH excluding ortho intramolecular Hbond substituents is 1. The highest BCUT2D eigenvalue weighted by atomic mass is 16.5. The highest BCUT2D eigenvalue weighted by molar-refractivity contribution is 6.07. The van der Waals surface area contributed by atoms with E-state index in [4.69, 9.17) is 15.6 Å². The van der Waals surface area contributed by atoms with Gasteiger partial charge in [0.1, 0.15) is 35.0 Å². The number of H-pyrrole nitrogens is 1. The highest BCUT2D eigenvalue weighted by Crippen LogP contribution is 2.37. The third-order valence-electron chi connectivity index (χ3n) is 6.88. The van der Waals surface area contributed by atoms with E-state index in [0.717, 1.165) is 31.5 Å². The number of aromatic amines is 1. The van der Waals surface area contributed by atoms with Crippen molar-refractivity contribution in [3.05, 3.63) is 54.5 Å². The van der Waals surface area contributed by atoms with Crippen LogP contribution in [0.1, 0.15) is 29.4 Å². The number of nitrogen functional groups attached to an aromatic ring is 1. The van der Waals surface area contributed by atoms with E-state index in [1.54, 1.807) is 37.4 Å². The average molecular weight is 500 g/mol. The van der Waals surface area contributed by atoms with Crippen LogP contribution in [0.2, 0.25) is 0 Å². The second kappa shape index (κ2) is 9.10. The van der Waals surface area contributed by atoms with Crippen LogP contribution in [0.5, 0.6) is 11.5 Å². The van der Waals surface area contributed by atoms with Crippen LogP contribution >= 0.6 is 0 Å². The Kier molecular flexibility index (Phi) is 5.61. The summed E-state index contributed by atoms with van der Waals surface area (Å²) in [5, 5.41) is 21.5. The summed E-state index contributed by atoms with van der Waals surface area (Å²) in [6, 6.07) is 12.4. The fourth-order valence-corrected chi connectivity index (χ4v) is 5.00. The second-order valence-corrected chi connectivity index (χ2v) is 9.14. The van der Waals surface area contributed by atoms with Crippen LogP contribution in [0.15, 0.2) is 48.8 Å². The van der Waals surface area contributed by atoms with E-state index in [0.29, 0.717) is 50.6 Å². The molecule has 3 aromatic heterocycles. The molecule has 0 aliphatic carbocycles. The number of ether oxygens (including phenoxy) is 1. The van der Waals surface area contributed by atoms with Crippen LogP contribution in [0.25, 0.3) is 33.2 Å². The molecule has 4 heterocycles. The van der Waals surface area contributed by atoms with Gasteiger partial charge in [0.2, 0.25) is 0 Å². The Morgan fingerprint density at radius 2 is 2.05 bits per heavy atom. The lowest BCUT2D eigenvalue weighted by Gasteiger charge is -2.21. The number of aromatic hydroxyl groups is 1. The number of quaternary nitrogens is 1. The van der Waals surface area contributed by atoms with Gasteiger partial charge < -0.3 is 31.2 Å². The van der Waals surface area contributed by atoms with Crippen LogP contribution in [-0.4, -0.2) is 55.9 Å². The molecule has 1 fully saturated rings. The molecule has 1 aliphatic heterocycles. The predicted molar refractivity (Wildman–Crippen MR) is 140 cm³/mol. The molecule has 2 aromatic carbocycles. The summed E-state index contributed by atoms with van der Waals surface area (Å²) in [4.78, 5) is 24.7. The molecule has 1 aliphatic rings. The third-order valence-corrected chi connectivity index (χ3v) is 6.88. The molecule has 1 amide bonds. The number of phenols is 1. The fraction of sp³-hybridized carbons (Fsp3) is 0.231. The molecular formula is C26H27N8O3+. The number of anilines is 2. The minimum Gasteiger partial charge on any atom is -0.507 e. The quantitative estimate of drug-likeness (QED) is 0.248. The van der Waals surface area contributed by atoms with Gasteiger partial charge in [-0.1, -0.05) is 12.1 Å². The number of hydrogen-bond donors (Lipinski definition) is 5. The molecule has 6 rings (SSSR count). The van der Waals surface area contributed by atoms with Gasteiger partial charge in [0.25, 0.3) is 5.91 Å². The van der Waals surface area contributed by atoms with Gasteiger partial charge in [-0.05, 0) is 30.3 Å². The zero-order chi connectivity index (χ0) is 25.5. The lowest BCUT2D eigenvalue weighted by molar-refractivity contribution is -0.664. The topological polar surface area (TPSA) is 161 Å². The van der Waals surface area contributed by atoms with Gasteiger partial charge in [-0.25, -0.2) is 14.6 Å². The van der Waals surface area contributed by atoms with Gasteiger partial charge in [0.15, 0.2) is 5.65 Å². The van der Waals surface area contributed by atoms with E-state index in [2.05, 4.69) is 25.6 Å². The number of amides is 1. The SMILES string of the molecule is COc1cc(-c2nn(C3CC[NH2+]CC3)c3ncnc(N)c23)ccc1NC(=O)c1cc2c(O)cccc2[nH]1. The maximum atomic E-state index is 13.0. The summed E-state index contributed by atoms with van der Waals surface area (Å²) >= 11 is 0. The van der Waals surface area contributed by atoms with Crippen molar-refractivity contribution >= 4 is 39.3 Å². The number of carbonyl (C=O) groups is 1. The van der Waals surface area contributed by atoms with Crippen molar-refractivity contribution in [3.8, 4) is 22.8 Å². The number of nitrogens with two attached hydrogens (primary N) is 2. The van der Waals surface area contributed by atoms with Crippen molar-refractivity contribution in [1.29, 1.82) is 0 Å². The first-order chi connectivity index (χ1) is 18.0. The largest absolute Gasteiger partial charge is 0.507 e. The zero-order valence-corrected chi connectivity index (χ0v) is 20.2. The first-order valence-electron chi connectivity index (χ1n) is 12.1. The number of benzene rings is 2. The number of fused-ring (bicyclic) bond motifs is 2. The van der Waals surface area contributed by atoms with Crippen LogP contribution < -0.4 is 21.1 Å². The number of nitrogens with one attached hydrogen (secondary N) is 2. The smallest absolute Gasteiger partial charge is 0.272 e. The Labute approximate surface area is 211 Å². The van der Waals surface area contributed by atoms with Crippen LogP contribution in [-0.2, 0) is 0 Å². The number of rotatable bonds is 5. The highest BCUT2D eigenvalue weighted by Gasteiger charge is 2.25. The summed E-state index contributed by atoms with van der Waals surface area (Å²) in [7, 11) is 1.54. The molecule has 0 atom stereocenters. The summed E-state index contributed by atoms with van der Waals surface area (Å²) in [6.07, 6.45) is 3.47. The molecule has 1 saturated heterocycles. The van der Waals surface area contributed by atoms with Gasteiger partial charge in [-0.3, -0.25) is 4.79 Å². The molecule has 0 saturated carbocycles. The van der Waals surface area contributed by atoms with Crippen LogP contribution in [0.4, 0.5) is 11.5 Å². The van der Waals surface area contributed by atoms with Crippen LogP contribution in [0.3, 0.4) is 0 Å². The Balaban J connectivity index is 1.36. The molecule has 0 spiro atoms. The van der Waals surface area contributed by atoms with Crippen molar-refractivity contribution in [1.82, 2.24) is 24.7 Å². The van der Waals surface area contributed by atoms with Crippen molar-refractivity contribution in [3.63, 3.8) is 0 Å². The normalized spacial score (nSPS) is 14.3. The Bertz CT molecular complexity index is 1630. The number of piperidine rings is 1. The molecule has 0 unspecified atom stereocenters. The average Bonchev–Trinajstić information content (AvgIpc) is 3.54. The summed E-state index contributed by atoms with van der Waals surface area (Å²) in [5.74, 6) is 0.585. The van der Waals surface area contributed by atoms with E-state index in [1.807, 2.05) is 16.8 Å². The van der Waals surface area contributed by atoms with E-state index >= 15 is 0 Å². The first kappa shape index (κ1) is 22.8. The number of carbonyl (C=O) groups excluding carboxylic acids is 1. The summed E-state index contributed by atoms with van der Waals surface area (Å²) in [5.41, 5.74) is 9.94. The van der Waals surface area contributed by atoms with E-state index in [9.17, 15) is 9.90 Å². The maximum Gasteiger partial charge on any atom is 0.272 e. The zero-order valence-electron chi connectivity index (χ0n) is 20.2. The molecule has 7 N–H and O–H groups in total. The monoisotopic (exact) mass is 499 g/mol. The van der Waals surface area contributed by atoms with Gasteiger partial charge in [0.05, 0.1) is 37.3 Å². The minimum absolute atomic E-state index is 0.107. The van der Waals surface area contributed by atoms with Gasteiger partial charge >= 0.3 is 0 Å². The Hall–Kier alpha value is -4.64. The maximum absolute atomic E-state index is 13.0. The minimum atomic E-state index is -0.358. The molecule has 0 radical (unpaired) electrons. The van der Waals surface area contributed by atoms with Crippen molar-refractivity contribution < 1.29 is 20.0 Å². The van der Waals surface area contributed by atoms with Crippen molar-refractivity contribution in [2.24, 2.45) is 0 Å². The first-order valence-corrected chi connectivity index (χ1v) is 12.1. The van der Waals surface area contributed by atoms with Crippen LogP contribution in [0, 0.1) is 0 Å². The number of hydrogen-bond acceptors (Lipinski definition) is 7. The molecular weight excluding hydrogens is 472 g/mol. The molecule has 37 heavy (non-hydrogen) atoms. The Morgan fingerprint density at radius 3 is 2.84 bits per heavy atom. The molecule has 5 aromatic rings. The number of aromatic nitrogens is 5. The summed E-state index contributed by atoms with van der Waals surface area (Å²) in [6.45, 7) is 2.08. The van der Waals surface area contributed by atoms with E-state index in [1.165, 1.54) is 6.33 Å². The fourth-order valence-electron chi connectivity index (χ4n) is 5.00. The van der Waals surface area contributed by atoms with Crippen molar-refractivity contribution in [2.45, 2.75) is 18.9 Å². The lowest BCUT2D eigenvalue weighted by Crippen LogP contribution is -2.86. The molecule has 11 nitrogen and oxygen atoms in total. The summed E-state index contributed by atoms with van der Waals surface area (Å²) < 4.78 is 7.60. The number of methoxy groups -OCH3 is 1. The van der Waals surface area contributed by atoms with E-state index < -0.39 is 0 Å². The third kappa shape index (κ3) is 3.99.